The molecule has 0 aromatic heterocycles. The van der Waals surface area contributed by atoms with E-state index in [1.165, 1.54) is 0 Å². The highest BCUT2D eigenvalue weighted by Gasteiger charge is 2.11. The van der Waals surface area contributed by atoms with E-state index in [1.807, 2.05) is 18.2 Å². The molecule has 0 fully saturated rings. The van der Waals surface area contributed by atoms with Gasteiger partial charge in [0.05, 0.1) is 26.9 Å². The molecule has 0 radical (unpaired) electrons. The molecule has 0 aliphatic heterocycles. The maximum Gasteiger partial charge on any atom is 0.161 e. The smallest absolute Gasteiger partial charge is 0.161 e. The van der Waals surface area contributed by atoms with Gasteiger partial charge in [-0.1, -0.05) is 6.07 Å². The summed E-state index contributed by atoms with van der Waals surface area (Å²) in [6, 6.07) is 5.51. The van der Waals surface area contributed by atoms with Crippen LogP contribution in [-0.2, 0) is 0 Å². The second kappa shape index (κ2) is 5.58. The van der Waals surface area contributed by atoms with E-state index in [-0.39, 0.29) is 12.6 Å². The second-order valence-electron chi connectivity index (χ2n) is 3.14. The van der Waals surface area contributed by atoms with Gasteiger partial charge in [-0.2, -0.15) is 0 Å². The summed E-state index contributed by atoms with van der Waals surface area (Å²) in [5.41, 5.74) is 0.970. The van der Waals surface area contributed by atoms with Gasteiger partial charge in [-0.3, -0.25) is 0 Å². The van der Waals surface area contributed by atoms with Gasteiger partial charge in [-0.05, 0) is 24.7 Å². The Kier molecular flexibility index (Phi) is 4.39. The molecule has 1 rings (SSSR count). The molecule has 1 aromatic carbocycles. The molecule has 0 bridgehead atoms. The number of rotatable bonds is 5. The lowest BCUT2D eigenvalue weighted by Gasteiger charge is -2.15. The molecule has 4 nitrogen and oxygen atoms in total. The van der Waals surface area contributed by atoms with Crippen LogP contribution >= 0.6 is 0 Å². The third kappa shape index (κ3) is 2.61. The summed E-state index contributed by atoms with van der Waals surface area (Å²) in [6.45, 7) is 0.0476. The number of nitrogens with one attached hydrogen (secondary N) is 1. The van der Waals surface area contributed by atoms with Crippen molar-refractivity contribution in [2.45, 2.75) is 6.04 Å². The van der Waals surface area contributed by atoms with Gasteiger partial charge in [0.2, 0.25) is 0 Å². The Balaban J connectivity index is 3.01. The highest BCUT2D eigenvalue weighted by Crippen LogP contribution is 2.29. The largest absolute Gasteiger partial charge is 0.493 e. The predicted octanol–water partition coefficient (Wildman–Crippen LogP) is 0.957. The van der Waals surface area contributed by atoms with E-state index in [0.717, 1.165) is 5.56 Å². The molecule has 0 saturated carbocycles. The Hall–Kier alpha value is -1.26. The zero-order valence-corrected chi connectivity index (χ0v) is 9.28. The first-order valence-electron chi connectivity index (χ1n) is 4.76. The molecule has 0 amide bonds. The van der Waals surface area contributed by atoms with Gasteiger partial charge in [-0.25, -0.2) is 0 Å². The Morgan fingerprint density at radius 3 is 2.40 bits per heavy atom. The first-order valence-corrected chi connectivity index (χ1v) is 4.76. The number of methoxy groups -OCH3 is 2. The molecule has 84 valence electrons. The fraction of sp³-hybridized carbons (Fsp3) is 0.455. The number of likely N-dealkylation sites (N-methyl/N-ethyl adjacent to an activating group) is 1. The van der Waals surface area contributed by atoms with Gasteiger partial charge in [0.1, 0.15) is 0 Å². The summed E-state index contributed by atoms with van der Waals surface area (Å²) >= 11 is 0. The second-order valence-corrected chi connectivity index (χ2v) is 3.14. The van der Waals surface area contributed by atoms with Crippen molar-refractivity contribution < 1.29 is 14.6 Å². The van der Waals surface area contributed by atoms with Crippen molar-refractivity contribution in [1.29, 1.82) is 0 Å². The first kappa shape index (κ1) is 11.8. The van der Waals surface area contributed by atoms with Gasteiger partial charge in [0.25, 0.3) is 0 Å². The standard InChI is InChI=1S/C11H17NO3/c1-12-9(7-13)8-4-5-10(14-2)11(6-8)15-3/h4-6,9,12-13H,7H2,1-3H3. The summed E-state index contributed by atoms with van der Waals surface area (Å²) < 4.78 is 10.3. The molecule has 1 atom stereocenters. The Morgan fingerprint density at radius 1 is 1.27 bits per heavy atom. The van der Waals surface area contributed by atoms with Crippen LogP contribution in [0.15, 0.2) is 18.2 Å². The fourth-order valence-corrected chi connectivity index (χ4v) is 1.43. The van der Waals surface area contributed by atoms with Gasteiger partial charge >= 0.3 is 0 Å². The van der Waals surface area contributed by atoms with Crippen LogP contribution in [0.25, 0.3) is 0 Å². The number of aliphatic hydroxyl groups excluding tert-OH is 1. The van der Waals surface area contributed by atoms with Gasteiger partial charge in [0.15, 0.2) is 11.5 Å². The zero-order chi connectivity index (χ0) is 11.3. The summed E-state index contributed by atoms with van der Waals surface area (Å²) in [5.74, 6) is 1.36. The fourth-order valence-electron chi connectivity index (χ4n) is 1.43. The van der Waals surface area contributed by atoms with Crippen LogP contribution in [0.4, 0.5) is 0 Å². The van der Waals surface area contributed by atoms with Gasteiger partial charge < -0.3 is 19.9 Å². The summed E-state index contributed by atoms with van der Waals surface area (Å²) in [7, 11) is 4.99. The van der Waals surface area contributed by atoms with Crippen LogP contribution < -0.4 is 14.8 Å². The number of aliphatic hydroxyl groups is 1. The molecule has 0 heterocycles. The van der Waals surface area contributed by atoms with E-state index in [0.29, 0.717) is 11.5 Å². The third-order valence-corrected chi connectivity index (χ3v) is 2.34. The topological polar surface area (TPSA) is 50.7 Å². The minimum Gasteiger partial charge on any atom is -0.493 e. The summed E-state index contributed by atoms with van der Waals surface area (Å²) in [6.07, 6.45) is 0. The number of hydrogen-bond acceptors (Lipinski definition) is 4. The van der Waals surface area contributed by atoms with Crippen molar-refractivity contribution in [3.05, 3.63) is 23.8 Å². The predicted molar refractivity (Wildman–Crippen MR) is 58.4 cm³/mol. The Bertz CT molecular complexity index is 311. The zero-order valence-electron chi connectivity index (χ0n) is 9.28. The monoisotopic (exact) mass is 211 g/mol. The maximum absolute atomic E-state index is 9.13. The van der Waals surface area contributed by atoms with Crippen LogP contribution in [0.2, 0.25) is 0 Å². The molecule has 2 N–H and O–H groups in total. The van der Waals surface area contributed by atoms with Crippen molar-refractivity contribution in [3.8, 4) is 11.5 Å². The first-order chi connectivity index (χ1) is 7.26. The summed E-state index contributed by atoms with van der Waals surface area (Å²) in [5, 5.41) is 12.1. The quantitative estimate of drug-likeness (QED) is 0.761. The molecule has 0 aliphatic rings. The van der Waals surface area contributed by atoms with Crippen molar-refractivity contribution in [2.24, 2.45) is 0 Å². The molecule has 0 saturated heterocycles. The van der Waals surface area contributed by atoms with Crippen molar-refractivity contribution in [2.75, 3.05) is 27.9 Å². The Labute approximate surface area is 89.8 Å². The normalized spacial score (nSPS) is 12.3. The molecular weight excluding hydrogens is 194 g/mol. The average molecular weight is 211 g/mol. The molecular formula is C11H17NO3. The van der Waals surface area contributed by atoms with Crippen LogP contribution in [0.3, 0.4) is 0 Å². The molecule has 4 heteroatoms. The summed E-state index contributed by atoms with van der Waals surface area (Å²) in [4.78, 5) is 0. The van der Waals surface area contributed by atoms with E-state index in [4.69, 9.17) is 14.6 Å². The third-order valence-electron chi connectivity index (χ3n) is 2.34. The Morgan fingerprint density at radius 2 is 1.93 bits per heavy atom. The van der Waals surface area contributed by atoms with E-state index < -0.39 is 0 Å². The van der Waals surface area contributed by atoms with Gasteiger partial charge in [-0.15, -0.1) is 0 Å². The molecule has 1 unspecified atom stereocenters. The minimum absolute atomic E-state index is 0.0476. The van der Waals surface area contributed by atoms with Crippen molar-refractivity contribution >= 4 is 0 Å². The van der Waals surface area contributed by atoms with Crippen LogP contribution in [-0.4, -0.2) is 33.0 Å². The van der Waals surface area contributed by atoms with E-state index >= 15 is 0 Å². The van der Waals surface area contributed by atoms with Crippen LogP contribution in [0, 0.1) is 0 Å². The molecule has 0 spiro atoms. The van der Waals surface area contributed by atoms with Gasteiger partial charge in [0, 0.05) is 0 Å². The lowest BCUT2D eigenvalue weighted by atomic mass is 10.1. The number of hydrogen-bond donors (Lipinski definition) is 2. The van der Waals surface area contributed by atoms with E-state index in [9.17, 15) is 0 Å². The number of benzene rings is 1. The lowest BCUT2D eigenvalue weighted by Crippen LogP contribution is -2.19. The molecule has 15 heavy (non-hydrogen) atoms. The highest BCUT2D eigenvalue weighted by atomic mass is 16.5. The highest BCUT2D eigenvalue weighted by molar-refractivity contribution is 5.43. The average Bonchev–Trinajstić information content (AvgIpc) is 2.30. The van der Waals surface area contributed by atoms with Crippen molar-refractivity contribution in [1.82, 2.24) is 5.32 Å². The lowest BCUT2D eigenvalue weighted by molar-refractivity contribution is 0.250. The molecule has 1 aromatic rings. The molecule has 0 aliphatic carbocycles. The van der Waals surface area contributed by atoms with Crippen LogP contribution in [0.5, 0.6) is 11.5 Å². The number of ether oxygens (including phenoxy) is 2. The SMILES string of the molecule is CNC(CO)c1ccc(OC)c(OC)c1. The maximum atomic E-state index is 9.13. The minimum atomic E-state index is -0.0789. The van der Waals surface area contributed by atoms with E-state index in [2.05, 4.69) is 5.32 Å². The van der Waals surface area contributed by atoms with Crippen LogP contribution in [0.1, 0.15) is 11.6 Å². The van der Waals surface area contributed by atoms with E-state index in [1.54, 1.807) is 21.3 Å². The van der Waals surface area contributed by atoms with Crippen molar-refractivity contribution in [3.63, 3.8) is 0 Å².